The average Bonchev–Trinajstić information content (AvgIpc) is 2.19. The Morgan fingerprint density at radius 2 is 1.60 bits per heavy atom. The van der Waals surface area contributed by atoms with E-state index >= 15 is 0 Å². The normalized spacial score (nSPS) is 9.53. The van der Waals surface area contributed by atoms with Crippen molar-refractivity contribution in [1.82, 2.24) is 0 Å². The molecule has 2 heteroatoms. The Labute approximate surface area is 89.8 Å². The smallest absolute Gasteiger partial charge is 0.127 e. The van der Waals surface area contributed by atoms with Crippen LogP contribution in [0.5, 0.6) is 11.5 Å². The van der Waals surface area contributed by atoms with Gasteiger partial charge in [-0.05, 0) is 30.0 Å². The highest BCUT2D eigenvalue weighted by Crippen LogP contribution is 2.33. The summed E-state index contributed by atoms with van der Waals surface area (Å²) in [6, 6.07) is 8.76. The van der Waals surface area contributed by atoms with Gasteiger partial charge in [-0.3, -0.25) is 0 Å². The molecule has 0 amide bonds. The molecule has 0 atom stereocenters. The van der Waals surface area contributed by atoms with Crippen LogP contribution in [-0.2, 0) is 0 Å². The summed E-state index contributed by atoms with van der Waals surface area (Å²) in [5, 5.41) is 20.4. The van der Waals surface area contributed by atoms with Crippen LogP contribution in [0.4, 0.5) is 0 Å². The van der Waals surface area contributed by atoms with Crippen LogP contribution in [0.1, 0.15) is 19.4 Å². The van der Waals surface area contributed by atoms with Crippen molar-refractivity contribution >= 4 is 10.8 Å². The van der Waals surface area contributed by atoms with Crippen molar-refractivity contribution in [1.29, 1.82) is 0 Å². The number of phenols is 2. The summed E-state index contributed by atoms with van der Waals surface area (Å²) >= 11 is 0. The van der Waals surface area contributed by atoms with Gasteiger partial charge in [-0.2, -0.15) is 0 Å². The van der Waals surface area contributed by atoms with Gasteiger partial charge in [-0.15, -0.1) is 0 Å². The summed E-state index contributed by atoms with van der Waals surface area (Å²) in [5.74, 6) is 0.253. The van der Waals surface area contributed by atoms with Crippen LogP contribution in [-0.4, -0.2) is 10.2 Å². The van der Waals surface area contributed by atoms with E-state index in [0.717, 1.165) is 10.9 Å². The molecule has 80 valence electrons. The molecule has 0 aliphatic heterocycles. The predicted molar refractivity (Wildman–Crippen MR) is 63.4 cm³/mol. The highest BCUT2D eigenvalue weighted by atomic mass is 16.3. The first kappa shape index (κ1) is 11.4. The van der Waals surface area contributed by atoms with Gasteiger partial charge in [-0.25, -0.2) is 0 Å². The quantitative estimate of drug-likeness (QED) is 0.688. The van der Waals surface area contributed by atoms with E-state index in [1.807, 2.05) is 32.9 Å². The number of phenolic OH excluding ortho intramolecular Hbond substituents is 2. The zero-order valence-corrected chi connectivity index (χ0v) is 9.28. The molecule has 2 nitrogen and oxygen atoms in total. The van der Waals surface area contributed by atoms with Gasteiger partial charge < -0.3 is 10.2 Å². The number of aryl methyl sites for hydroxylation is 1. The van der Waals surface area contributed by atoms with Gasteiger partial charge in [0.25, 0.3) is 0 Å². The molecule has 0 heterocycles. The van der Waals surface area contributed by atoms with Gasteiger partial charge in [0.05, 0.1) is 5.39 Å². The van der Waals surface area contributed by atoms with Gasteiger partial charge >= 0.3 is 0 Å². The van der Waals surface area contributed by atoms with E-state index in [1.165, 1.54) is 0 Å². The lowest BCUT2D eigenvalue weighted by Crippen LogP contribution is -1.78. The summed E-state index contributed by atoms with van der Waals surface area (Å²) in [6.45, 7) is 5.91. The molecule has 0 spiro atoms. The molecule has 0 saturated carbocycles. The molecule has 0 saturated heterocycles. The van der Waals surface area contributed by atoms with Crippen molar-refractivity contribution in [2.45, 2.75) is 20.8 Å². The van der Waals surface area contributed by atoms with E-state index in [4.69, 9.17) is 0 Å². The molecule has 2 aromatic rings. The van der Waals surface area contributed by atoms with Crippen LogP contribution in [0.3, 0.4) is 0 Å². The van der Waals surface area contributed by atoms with Gasteiger partial charge in [0.1, 0.15) is 11.5 Å². The number of rotatable bonds is 0. The first-order chi connectivity index (χ1) is 7.18. The third-order valence-corrected chi connectivity index (χ3v) is 2.08. The van der Waals surface area contributed by atoms with Crippen molar-refractivity contribution in [3.05, 3.63) is 35.9 Å². The SMILES string of the molecule is CC.Cc1cc(O)c2c(O)cccc2c1. The van der Waals surface area contributed by atoms with E-state index in [0.29, 0.717) is 5.39 Å². The summed E-state index contributed by atoms with van der Waals surface area (Å²) in [6.07, 6.45) is 0. The molecule has 0 bridgehead atoms. The maximum atomic E-state index is 9.57. The Morgan fingerprint density at radius 3 is 2.27 bits per heavy atom. The zero-order valence-electron chi connectivity index (χ0n) is 9.28. The highest BCUT2D eigenvalue weighted by Gasteiger charge is 2.04. The Kier molecular flexibility index (Phi) is 3.56. The van der Waals surface area contributed by atoms with Crippen LogP contribution in [0.25, 0.3) is 10.8 Å². The monoisotopic (exact) mass is 204 g/mol. The lowest BCUT2D eigenvalue weighted by Gasteiger charge is -2.04. The second-order valence-electron chi connectivity index (χ2n) is 3.16. The van der Waals surface area contributed by atoms with Crippen molar-refractivity contribution in [2.24, 2.45) is 0 Å². The number of aromatic hydroxyl groups is 2. The van der Waals surface area contributed by atoms with Crippen molar-refractivity contribution < 1.29 is 10.2 Å². The first-order valence-electron chi connectivity index (χ1n) is 5.10. The fourth-order valence-corrected chi connectivity index (χ4v) is 1.53. The zero-order chi connectivity index (χ0) is 11.4. The van der Waals surface area contributed by atoms with Crippen LogP contribution in [0.15, 0.2) is 30.3 Å². The summed E-state index contributed by atoms with van der Waals surface area (Å²) in [7, 11) is 0. The number of hydrogen-bond donors (Lipinski definition) is 2. The van der Waals surface area contributed by atoms with Crippen LogP contribution >= 0.6 is 0 Å². The largest absolute Gasteiger partial charge is 0.507 e. The highest BCUT2D eigenvalue weighted by molar-refractivity contribution is 5.93. The van der Waals surface area contributed by atoms with Crippen LogP contribution in [0.2, 0.25) is 0 Å². The Morgan fingerprint density at radius 1 is 0.933 bits per heavy atom. The number of fused-ring (bicyclic) bond motifs is 1. The molecule has 2 aromatic carbocycles. The molecule has 0 unspecified atom stereocenters. The lowest BCUT2D eigenvalue weighted by atomic mass is 10.1. The van der Waals surface area contributed by atoms with Gasteiger partial charge in [0.15, 0.2) is 0 Å². The fourth-order valence-electron chi connectivity index (χ4n) is 1.53. The summed E-state index contributed by atoms with van der Waals surface area (Å²) in [4.78, 5) is 0. The van der Waals surface area contributed by atoms with E-state index in [-0.39, 0.29) is 11.5 Å². The summed E-state index contributed by atoms with van der Waals surface area (Å²) < 4.78 is 0. The van der Waals surface area contributed by atoms with Crippen molar-refractivity contribution in [2.75, 3.05) is 0 Å². The topological polar surface area (TPSA) is 40.5 Å². The minimum Gasteiger partial charge on any atom is -0.507 e. The maximum absolute atomic E-state index is 9.57. The minimum absolute atomic E-state index is 0.120. The maximum Gasteiger partial charge on any atom is 0.127 e. The van der Waals surface area contributed by atoms with Crippen molar-refractivity contribution in [3.8, 4) is 11.5 Å². The fraction of sp³-hybridized carbons (Fsp3) is 0.231. The van der Waals surface area contributed by atoms with Gasteiger partial charge in [-0.1, -0.05) is 32.0 Å². The van der Waals surface area contributed by atoms with E-state index in [1.54, 1.807) is 18.2 Å². The molecule has 2 N–H and O–H groups in total. The molecular formula is C13H16O2. The lowest BCUT2D eigenvalue weighted by molar-refractivity contribution is 0.464. The molecule has 15 heavy (non-hydrogen) atoms. The van der Waals surface area contributed by atoms with E-state index in [9.17, 15) is 10.2 Å². The van der Waals surface area contributed by atoms with Crippen molar-refractivity contribution in [3.63, 3.8) is 0 Å². The molecule has 2 rings (SSSR count). The van der Waals surface area contributed by atoms with E-state index in [2.05, 4.69) is 0 Å². The second-order valence-corrected chi connectivity index (χ2v) is 3.16. The average molecular weight is 204 g/mol. The standard InChI is InChI=1S/C11H10O2.C2H6/c1-7-5-8-3-2-4-9(12)11(8)10(13)6-7;1-2/h2-6,12-13H,1H3;1-2H3. The number of benzene rings is 2. The Bertz CT molecular complexity index is 461. The Balaban J connectivity index is 0.000000531. The Hall–Kier alpha value is -1.70. The van der Waals surface area contributed by atoms with Gasteiger partial charge in [0, 0.05) is 0 Å². The minimum atomic E-state index is 0.120. The van der Waals surface area contributed by atoms with Crippen LogP contribution in [0, 0.1) is 6.92 Å². The molecule has 0 aliphatic rings. The third kappa shape index (κ3) is 2.21. The van der Waals surface area contributed by atoms with Gasteiger partial charge in [0.2, 0.25) is 0 Å². The first-order valence-corrected chi connectivity index (χ1v) is 5.10. The predicted octanol–water partition coefficient (Wildman–Crippen LogP) is 3.59. The second kappa shape index (κ2) is 4.69. The molecular weight excluding hydrogens is 188 g/mol. The number of hydrogen-bond acceptors (Lipinski definition) is 2. The third-order valence-electron chi connectivity index (χ3n) is 2.08. The van der Waals surface area contributed by atoms with Crippen LogP contribution < -0.4 is 0 Å². The molecule has 0 aromatic heterocycles. The molecule has 0 fully saturated rings. The van der Waals surface area contributed by atoms with E-state index < -0.39 is 0 Å². The molecule has 0 radical (unpaired) electrons. The summed E-state index contributed by atoms with van der Waals surface area (Å²) in [5.41, 5.74) is 0.982. The molecule has 0 aliphatic carbocycles.